The molecule has 0 aromatic rings. The maximum Gasteiger partial charge on any atom is 0.0900 e. The highest BCUT2D eigenvalue weighted by molar-refractivity contribution is 4.63. The van der Waals surface area contributed by atoms with Gasteiger partial charge in [-0.1, -0.05) is 0 Å². The molecule has 0 amide bonds. The first-order valence-corrected chi connectivity index (χ1v) is 4.73. The number of hydrogen-bond donors (Lipinski definition) is 2. The molecule has 0 radical (unpaired) electrons. The lowest BCUT2D eigenvalue weighted by Gasteiger charge is -2.23. The van der Waals surface area contributed by atoms with Gasteiger partial charge in [-0.2, -0.15) is 0 Å². The van der Waals surface area contributed by atoms with Crippen LogP contribution in [0.4, 0.5) is 0 Å². The number of rotatable bonds is 9. The van der Waals surface area contributed by atoms with Crippen LogP contribution in [0.15, 0.2) is 0 Å². The third-order valence-corrected chi connectivity index (χ3v) is 1.86. The standard InChI is InChI=1S/C9H21NO4/c1-13-6-4-10(3-5-11)7-9(12)8-14-2/h9,11-12H,3-8H2,1-2H3. The number of methoxy groups -OCH3 is 2. The van der Waals surface area contributed by atoms with Gasteiger partial charge in [0.2, 0.25) is 0 Å². The van der Waals surface area contributed by atoms with E-state index in [4.69, 9.17) is 14.6 Å². The van der Waals surface area contributed by atoms with Crippen molar-refractivity contribution >= 4 is 0 Å². The van der Waals surface area contributed by atoms with Crippen LogP contribution in [0.1, 0.15) is 0 Å². The molecule has 0 aliphatic heterocycles. The van der Waals surface area contributed by atoms with E-state index in [1.165, 1.54) is 0 Å². The van der Waals surface area contributed by atoms with Crippen LogP contribution in [0.5, 0.6) is 0 Å². The topological polar surface area (TPSA) is 62.2 Å². The molecule has 0 aliphatic carbocycles. The number of aliphatic hydroxyl groups is 2. The summed E-state index contributed by atoms with van der Waals surface area (Å²) in [6.07, 6.45) is -0.511. The summed E-state index contributed by atoms with van der Waals surface area (Å²) in [4.78, 5) is 1.94. The summed E-state index contributed by atoms with van der Waals surface area (Å²) in [6.45, 7) is 2.75. The Morgan fingerprint density at radius 2 is 1.93 bits per heavy atom. The van der Waals surface area contributed by atoms with Gasteiger partial charge in [0.05, 0.1) is 25.9 Å². The van der Waals surface area contributed by atoms with Crippen molar-refractivity contribution in [2.75, 3.05) is 53.7 Å². The molecule has 0 saturated carbocycles. The molecule has 0 bridgehead atoms. The van der Waals surface area contributed by atoms with Crippen molar-refractivity contribution in [1.82, 2.24) is 4.90 Å². The monoisotopic (exact) mass is 207 g/mol. The van der Waals surface area contributed by atoms with E-state index in [9.17, 15) is 5.11 Å². The van der Waals surface area contributed by atoms with Crippen molar-refractivity contribution in [2.45, 2.75) is 6.10 Å². The SMILES string of the molecule is COCCN(CCO)CC(O)COC. The number of nitrogens with zero attached hydrogens (tertiary/aromatic N) is 1. The largest absolute Gasteiger partial charge is 0.395 e. The van der Waals surface area contributed by atoms with Gasteiger partial charge in [-0.05, 0) is 0 Å². The van der Waals surface area contributed by atoms with Crippen molar-refractivity contribution in [3.8, 4) is 0 Å². The Kier molecular flexibility index (Phi) is 9.23. The van der Waals surface area contributed by atoms with Crippen LogP contribution in [0, 0.1) is 0 Å². The minimum absolute atomic E-state index is 0.0867. The molecule has 0 fully saturated rings. The van der Waals surface area contributed by atoms with Crippen LogP contribution in [0.3, 0.4) is 0 Å². The second-order valence-electron chi connectivity index (χ2n) is 3.13. The minimum atomic E-state index is -0.511. The molecule has 5 heteroatoms. The molecule has 1 unspecified atom stereocenters. The van der Waals surface area contributed by atoms with Crippen LogP contribution in [0.25, 0.3) is 0 Å². The van der Waals surface area contributed by atoms with E-state index in [0.717, 1.165) is 0 Å². The Hall–Kier alpha value is -0.200. The molecule has 1 atom stereocenters. The molecule has 0 rings (SSSR count). The number of hydrogen-bond acceptors (Lipinski definition) is 5. The molecular weight excluding hydrogens is 186 g/mol. The van der Waals surface area contributed by atoms with E-state index in [1.807, 2.05) is 4.90 Å². The molecule has 0 saturated heterocycles. The summed E-state index contributed by atoms with van der Waals surface area (Å²) in [5.41, 5.74) is 0. The van der Waals surface area contributed by atoms with Crippen LogP contribution < -0.4 is 0 Å². The van der Waals surface area contributed by atoms with Gasteiger partial charge in [0, 0.05) is 33.9 Å². The first-order valence-electron chi connectivity index (χ1n) is 4.73. The lowest BCUT2D eigenvalue weighted by molar-refractivity contribution is 0.0273. The van der Waals surface area contributed by atoms with Gasteiger partial charge in [-0.25, -0.2) is 0 Å². The van der Waals surface area contributed by atoms with Gasteiger partial charge < -0.3 is 19.7 Å². The minimum Gasteiger partial charge on any atom is -0.395 e. The van der Waals surface area contributed by atoms with Crippen LogP contribution in [0.2, 0.25) is 0 Å². The Balaban J connectivity index is 3.69. The molecule has 0 heterocycles. The summed E-state index contributed by atoms with van der Waals surface area (Å²) in [5, 5.41) is 18.2. The maximum absolute atomic E-state index is 9.46. The Morgan fingerprint density at radius 1 is 1.21 bits per heavy atom. The fourth-order valence-electron chi connectivity index (χ4n) is 1.20. The first kappa shape index (κ1) is 13.8. The van der Waals surface area contributed by atoms with E-state index < -0.39 is 6.10 Å². The Bertz CT molecular complexity index is 123. The van der Waals surface area contributed by atoms with Crippen LogP contribution in [-0.4, -0.2) is 74.9 Å². The van der Waals surface area contributed by atoms with Crippen molar-refractivity contribution in [3.05, 3.63) is 0 Å². The molecule has 5 nitrogen and oxygen atoms in total. The maximum atomic E-state index is 9.46. The van der Waals surface area contributed by atoms with Gasteiger partial charge >= 0.3 is 0 Å². The van der Waals surface area contributed by atoms with Crippen molar-refractivity contribution in [2.24, 2.45) is 0 Å². The van der Waals surface area contributed by atoms with E-state index in [0.29, 0.717) is 32.8 Å². The molecule has 0 aliphatic rings. The highest BCUT2D eigenvalue weighted by Crippen LogP contribution is 1.93. The average molecular weight is 207 g/mol. The summed E-state index contributed by atoms with van der Waals surface area (Å²) < 4.78 is 9.74. The molecule has 2 N–H and O–H groups in total. The van der Waals surface area contributed by atoms with E-state index in [-0.39, 0.29) is 6.61 Å². The highest BCUT2D eigenvalue weighted by atomic mass is 16.5. The van der Waals surface area contributed by atoms with Gasteiger partial charge in [-0.3, -0.25) is 4.90 Å². The summed E-state index contributed by atoms with van der Waals surface area (Å²) >= 11 is 0. The van der Waals surface area contributed by atoms with Gasteiger partial charge in [0.15, 0.2) is 0 Å². The summed E-state index contributed by atoms with van der Waals surface area (Å²) in [5.74, 6) is 0. The van der Waals surface area contributed by atoms with E-state index in [1.54, 1.807) is 14.2 Å². The van der Waals surface area contributed by atoms with Gasteiger partial charge in [0.25, 0.3) is 0 Å². The second-order valence-corrected chi connectivity index (χ2v) is 3.13. The number of aliphatic hydroxyl groups excluding tert-OH is 2. The summed E-state index contributed by atoms with van der Waals surface area (Å²) in [7, 11) is 3.18. The van der Waals surface area contributed by atoms with Gasteiger partial charge in [0.1, 0.15) is 0 Å². The number of ether oxygens (including phenoxy) is 2. The summed E-state index contributed by atoms with van der Waals surface area (Å²) in [6, 6.07) is 0. The van der Waals surface area contributed by atoms with Gasteiger partial charge in [-0.15, -0.1) is 0 Å². The van der Waals surface area contributed by atoms with Crippen molar-refractivity contribution in [3.63, 3.8) is 0 Å². The molecule has 0 spiro atoms. The van der Waals surface area contributed by atoms with Crippen molar-refractivity contribution in [1.29, 1.82) is 0 Å². The van der Waals surface area contributed by atoms with Crippen LogP contribution in [-0.2, 0) is 9.47 Å². The molecule has 0 aromatic heterocycles. The predicted octanol–water partition coefficient (Wildman–Crippen LogP) is -1.07. The van der Waals surface area contributed by atoms with E-state index >= 15 is 0 Å². The third-order valence-electron chi connectivity index (χ3n) is 1.86. The smallest absolute Gasteiger partial charge is 0.0900 e. The quantitative estimate of drug-likeness (QED) is 0.504. The first-order chi connectivity index (χ1) is 6.74. The molecule has 14 heavy (non-hydrogen) atoms. The molecule has 86 valence electrons. The Morgan fingerprint density at radius 3 is 2.43 bits per heavy atom. The zero-order valence-corrected chi connectivity index (χ0v) is 8.98. The average Bonchev–Trinajstić information content (AvgIpc) is 2.15. The third kappa shape index (κ3) is 7.23. The Labute approximate surface area is 85.2 Å². The fourth-order valence-corrected chi connectivity index (χ4v) is 1.20. The lowest BCUT2D eigenvalue weighted by atomic mass is 10.3. The zero-order valence-electron chi connectivity index (χ0n) is 8.98. The van der Waals surface area contributed by atoms with Crippen molar-refractivity contribution < 1.29 is 19.7 Å². The molecule has 0 aromatic carbocycles. The normalized spacial score (nSPS) is 13.5. The predicted molar refractivity (Wildman–Crippen MR) is 53.3 cm³/mol. The fraction of sp³-hybridized carbons (Fsp3) is 1.00. The molecular formula is C9H21NO4. The second kappa shape index (κ2) is 9.36. The highest BCUT2D eigenvalue weighted by Gasteiger charge is 2.10. The zero-order chi connectivity index (χ0) is 10.8. The lowest BCUT2D eigenvalue weighted by Crippen LogP contribution is -2.38. The van der Waals surface area contributed by atoms with Crippen LogP contribution >= 0.6 is 0 Å². The van der Waals surface area contributed by atoms with E-state index in [2.05, 4.69) is 0 Å².